The Kier molecular flexibility index (Phi) is 6.01. The number of carbonyl (C=O) groups is 1. The molecule has 0 atom stereocenters. The van der Waals surface area contributed by atoms with Gasteiger partial charge in [0.15, 0.2) is 0 Å². The number of rotatable bonds is 7. The van der Waals surface area contributed by atoms with Crippen molar-refractivity contribution in [2.45, 2.75) is 13.5 Å². The number of anilines is 1. The number of carbonyl (C=O) groups excluding carboxylic acids is 1. The number of halogens is 1. The summed E-state index contributed by atoms with van der Waals surface area (Å²) in [6.45, 7) is 2.28. The molecular weight excluding hydrogens is 424 g/mol. The van der Waals surface area contributed by atoms with E-state index in [1.165, 1.54) is 34.4 Å². The summed E-state index contributed by atoms with van der Waals surface area (Å²) in [5.41, 5.74) is 0.430. The lowest BCUT2D eigenvalue weighted by Gasteiger charge is -2.20. The second-order valence-electron chi connectivity index (χ2n) is 5.88. The number of benzene rings is 1. The van der Waals surface area contributed by atoms with E-state index in [4.69, 9.17) is 16.1 Å². The van der Waals surface area contributed by atoms with Gasteiger partial charge >= 0.3 is 0 Å². The SMILES string of the molecule is CCN(Cc1nc(-c2cccs2)no1)C(=O)c1cc(NS(C)(=O)=O)ccc1Cl. The molecule has 1 aromatic carbocycles. The van der Waals surface area contributed by atoms with Gasteiger partial charge in [-0.2, -0.15) is 4.98 Å². The summed E-state index contributed by atoms with van der Waals surface area (Å²) in [6, 6.07) is 8.12. The number of hydrogen-bond acceptors (Lipinski definition) is 7. The first kappa shape index (κ1) is 20.3. The van der Waals surface area contributed by atoms with Gasteiger partial charge in [0.25, 0.3) is 5.91 Å². The van der Waals surface area contributed by atoms with Gasteiger partial charge in [-0.25, -0.2) is 8.42 Å². The molecular formula is C17H17ClN4O4S2. The summed E-state index contributed by atoms with van der Waals surface area (Å²) >= 11 is 7.65. The van der Waals surface area contributed by atoms with E-state index in [1.807, 2.05) is 17.5 Å². The number of aromatic nitrogens is 2. The average molecular weight is 441 g/mol. The van der Waals surface area contributed by atoms with Crippen LogP contribution in [0.3, 0.4) is 0 Å². The zero-order valence-electron chi connectivity index (χ0n) is 15.0. The zero-order valence-corrected chi connectivity index (χ0v) is 17.4. The van der Waals surface area contributed by atoms with Crippen molar-refractivity contribution < 1.29 is 17.7 Å². The van der Waals surface area contributed by atoms with E-state index >= 15 is 0 Å². The van der Waals surface area contributed by atoms with Gasteiger partial charge in [-0.3, -0.25) is 9.52 Å². The molecule has 0 aliphatic carbocycles. The molecule has 0 aliphatic heterocycles. The lowest BCUT2D eigenvalue weighted by molar-refractivity contribution is 0.0734. The molecule has 0 unspecified atom stereocenters. The summed E-state index contributed by atoms with van der Waals surface area (Å²) in [4.78, 5) is 19.6. The summed E-state index contributed by atoms with van der Waals surface area (Å²) in [5.74, 6) is 0.381. The normalized spacial score (nSPS) is 11.4. The predicted molar refractivity (Wildman–Crippen MR) is 108 cm³/mol. The Labute approximate surface area is 171 Å². The van der Waals surface area contributed by atoms with E-state index < -0.39 is 10.0 Å². The Morgan fingerprint density at radius 3 is 2.79 bits per heavy atom. The molecule has 2 aromatic heterocycles. The largest absolute Gasteiger partial charge is 0.337 e. The molecule has 0 saturated heterocycles. The standard InChI is InChI=1S/C17H17ClN4O4S2/c1-3-22(10-15-19-16(20-26-15)14-5-4-8-27-14)17(23)12-9-11(6-7-13(12)18)21-28(2,24)25/h4-9,21H,3,10H2,1-2H3. The van der Waals surface area contributed by atoms with Crippen LogP contribution in [-0.4, -0.2) is 42.2 Å². The van der Waals surface area contributed by atoms with Crippen LogP contribution in [0.15, 0.2) is 40.2 Å². The van der Waals surface area contributed by atoms with Crippen LogP contribution in [-0.2, 0) is 16.6 Å². The molecule has 148 valence electrons. The highest BCUT2D eigenvalue weighted by Gasteiger charge is 2.21. The Balaban J connectivity index is 1.81. The minimum absolute atomic E-state index is 0.105. The van der Waals surface area contributed by atoms with Crippen molar-refractivity contribution >= 4 is 44.6 Å². The molecule has 0 bridgehead atoms. The highest BCUT2D eigenvalue weighted by Crippen LogP contribution is 2.24. The monoisotopic (exact) mass is 440 g/mol. The number of sulfonamides is 1. The van der Waals surface area contributed by atoms with E-state index in [-0.39, 0.29) is 28.7 Å². The Hall–Kier alpha value is -2.43. The Morgan fingerprint density at radius 2 is 2.14 bits per heavy atom. The van der Waals surface area contributed by atoms with Crippen molar-refractivity contribution in [3.63, 3.8) is 0 Å². The molecule has 3 aromatic rings. The maximum Gasteiger partial charge on any atom is 0.255 e. The van der Waals surface area contributed by atoms with Crippen LogP contribution in [0.2, 0.25) is 5.02 Å². The highest BCUT2D eigenvalue weighted by molar-refractivity contribution is 7.92. The number of nitrogens with zero attached hydrogens (tertiary/aromatic N) is 3. The summed E-state index contributed by atoms with van der Waals surface area (Å²) < 4.78 is 30.4. The smallest absolute Gasteiger partial charge is 0.255 e. The van der Waals surface area contributed by atoms with E-state index in [2.05, 4.69) is 14.9 Å². The molecule has 0 radical (unpaired) electrons. The molecule has 1 amide bonds. The van der Waals surface area contributed by atoms with Crippen LogP contribution in [0.1, 0.15) is 23.2 Å². The number of thiophene rings is 1. The van der Waals surface area contributed by atoms with Gasteiger partial charge in [0, 0.05) is 12.2 Å². The molecule has 28 heavy (non-hydrogen) atoms. The van der Waals surface area contributed by atoms with Crippen molar-refractivity contribution in [1.29, 1.82) is 0 Å². The summed E-state index contributed by atoms with van der Waals surface area (Å²) in [5, 5.41) is 6.06. The van der Waals surface area contributed by atoms with E-state index in [9.17, 15) is 13.2 Å². The Bertz CT molecular complexity index is 1080. The fourth-order valence-electron chi connectivity index (χ4n) is 2.45. The molecule has 8 nitrogen and oxygen atoms in total. The van der Waals surface area contributed by atoms with Gasteiger partial charge in [0.05, 0.1) is 21.7 Å². The fourth-order valence-corrected chi connectivity index (χ4v) is 3.86. The quantitative estimate of drug-likeness (QED) is 0.602. The van der Waals surface area contributed by atoms with Crippen LogP contribution in [0.25, 0.3) is 10.7 Å². The second-order valence-corrected chi connectivity index (χ2v) is 8.98. The van der Waals surface area contributed by atoms with E-state index in [0.29, 0.717) is 18.3 Å². The lowest BCUT2D eigenvalue weighted by Crippen LogP contribution is -2.30. The van der Waals surface area contributed by atoms with Crippen molar-refractivity contribution in [2.24, 2.45) is 0 Å². The van der Waals surface area contributed by atoms with Gasteiger partial charge in [-0.1, -0.05) is 22.8 Å². The third-order valence-electron chi connectivity index (χ3n) is 3.70. The summed E-state index contributed by atoms with van der Waals surface area (Å²) in [7, 11) is -3.48. The van der Waals surface area contributed by atoms with Crippen LogP contribution < -0.4 is 4.72 Å². The van der Waals surface area contributed by atoms with Crippen molar-refractivity contribution in [3.05, 3.63) is 52.2 Å². The highest BCUT2D eigenvalue weighted by atomic mass is 35.5. The van der Waals surface area contributed by atoms with Gasteiger partial charge in [0.1, 0.15) is 6.54 Å². The minimum atomic E-state index is -3.48. The number of nitrogens with one attached hydrogen (secondary N) is 1. The van der Waals surface area contributed by atoms with Gasteiger partial charge in [0.2, 0.25) is 21.7 Å². The fraction of sp³-hybridized carbons (Fsp3) is 0.235. The van der Waals surface area contributed by atoms with Crippen LogP contribution in [0.5, 0.6) is 0 Å². The number of amides is 1. The van der Waals surface area contributed by atoms with Crippen LogP contribution in [0, 0.1) is 0 Å². The molecule has 3 rings (SSSR count). The maximum absolute atomic E-state index is 12.9. The molecule has 1 N–H and O–H groups in total. The lowest BCUT2D eigenvalue weighted by atomic mass is 10.1. The first-order valence-corrected chi connectivity index (χ1v) is 11.3. The topological polar surface area (TPSA) is 105 Å². The summed E-state index contributed by atoms with van der Waals surface area (Å²) in [6.07, 6.45) is 1.03. The first-order valence-electron chi connectivity index (χ1n) is 8.20. The predicted octanol–water partition coefficient (Wildman–Crippen LogP) is 3.49. The zero-order chi connectivity index (χ0) is 20.3. The van der Waals surface area contributed by atoms with Crippen molar-refractivity contribution in [3.8, 4) is 10.7 Å². The first-order chi connectivity index (χ1) is 13.3. The molecule has 0 aliphatic rings. The van der Waals surface area contributed by atoms with Crippen molar-refractivity contribution in [2.75, 3.05) is 17.5 Å². The third-order valence-corrected chi connectivity index (χ3v) is 5.51. The van der Waals surface area contributed by atoms with Crippen LogP contribution >= 0.6 is 22.9 Å². The second kappa shape index (κ2) is 8.29. The molecule has 0 fully saturated rings. The van der Waals surface area contributed by atoms with E-state index in [1.54, 1.807) is 6.92 Å². The van der Waals surface area contributed by atoms with Crippen LogP contribution in [0.4, 0.5) is 5.69 Å². The minimum Gasteiger partial charge on any atom is -0.337 e. The van der Waals surface area contributed by atoms with Crippen molar-refractivity contribution in [1.82, 2.24) is 15.0 Å². The van der Waals surface area contributed by atoms with E-state index in [0.717, 1.165) is 11.1 Å². The molecule has 0 spiro atoms. The molecule has 2 heterocycles. The maximum atomic E-state index is 12.9. The number of hydrogen-bond donors (Lipinski definition) is 1. The van der Waals surface area contributed by atoms with Gasteiger partial charge < -0.3 is 9.42 Å². The molecule has 11 heteroatoms. The molecule has 0 saturated carbocycles. The third kappa shape index (κ3) is 4.89. The van der Waals surface area contributed by atoms with Gasteiger partial charge in [-0.15, -0.1) is 11.3 Å². The van der Waals surface area contributed by atoms with Gasteiger partial charge in [-0.05, 0) is 36.6 Å². The Morgan fingerprint density at radius 1 is 1.36 bits per heavy atom. The average Bonchev–Trinajstić information content (AvgIpc) is 3.31.